The van der Waals surface area contributed by atoms with Crippen LogP contribution in [-0.4, -0.2) is 77.7 Å². The smallest absolute Gasteiger partial charge is 0.286 e. The van der Waals surface area contributed by atoms with Crippen LogP contribution >= 0.6 is 0 Å². The highest BCUT2D eigenvalue weighted by Crippen LogP contribution is 2.54. The number of sulfonamides is 1. The first-order valence-electron chi connectivity index (χ1n) is 13.8. The summed E-state index contributed by atoms with van der Waals surface area (Å²) < 4.78 is 56.2. The van der Waals surface area contributed by atoms with Crippen LogP contribution in [0.4, 0.5) is 20.2 Å². The number of hydrogen-bond acceptors (Lipinski definition) is 8. The molecule has 2 aromatic heterocycles. The van der Waals surface area contributed by atoms with Crippen molar-refractivity contribution < 1.29 is 22.3 Å². The lowest BCUT2D eigenvalue weighted by Gasteiger charge is -2.35. The van der Waals surface area contributed by atoms with E-state index in [1.54, 1.807) is 41.3 Å². The van der Waals surface area contributed by atoms with E-state index in [-0.39, 0.29) is 25.9 Å². The van der Waals surface area contributed by atoms with Crippen molar-refractivity contribution in [3.8, 4) is 16.9 Å². The van der Waals surface area contributed by atoms with Crippen molar-refractivity contribution in [2.75, 3.05) is 53.2 Å². The average Bonchev–Trinajstić information content (AvgIpc) is 3.50. The lowest BCUT2D eigenvalue weighted by Crippen LogP contribution is -2.50. The van der Waals surface area contributed by atoms with E-state index in [0.29, 0.717) is 22.4 Å². The Morgan fingerprint density at radius 3 is 2.37 bits per heavy atom. The number of hydrogen-bond donors (Lipinski definition) is 2. The molecular weight excluding hydrogens is 556 g/mol. The van der Waals surface area contributed by atoms with Gasteiger partial charge in [0.15, 0.2) is 0 Å². The highest BCUT2D eigenvalue weighted by Gasteiger charge is 2.44. The molecule has 2 aliphatic heterocycles. The SMILES string of the molecule is O=c1ccc(-c2cnn(-c3ccc(NS(=O)(=O)CCO)cc3N3CCC4(CC3)CC4)c2)nn1N1CCC(F)(F)CC1. The Bertz CT molecular complexity index is 1580. The van der Waals surface area contributed by atoms with E-state index in [1.807, 2.05) is 0 Å². The Hall–Kier alpha value is -3.52. The fourth-order valence-electron chi connectivity index (χ4n) is 5.64. The number of alkyl halides is 2. The van der Waals surface area contributed by atoms with Crippen molar-refractivity contribution in [1.82, 2.24) is 19.7 Å². The minimum Gasteiger partial charge on any atom is -0.395 e. The van der Waals surface area contributed by atoms with Crippen LogP contribution in [0.25, 0.3) is 16.9 Å². The predicted molar refractivity (Wildman–Crippen MR) is 151 cm³/mol. The highest BCUT2D eigenvalue weighted by molar-refractivity contribution is 7.92. The van der Waals surface area contributed by atoms with Crippen LogP contribution in [0.1, 0.15) is 38.5 Å². The largest absolute Gasteiger partial charge is 0.395 e. The minimum atomic E-state index is -3.70. The van der Waals surface area contributed by atoms with E-state index in [4.69, 9.17) is 5.11 Å². The zero-order valence-corrected chi connectivity index (χ0v) is 23.4. The van der Waals surface area contributed by atoms with Gasteiger partial charge < -0.3 is 10.0 Å². The van der Waals surface area contributed by atoms with Gasteiger partial charge in [0.2, 0.25) is 10.0 Å². The molecule has 41 heavy (non-hydrogen) atoms. The maximum atomic E-state index is 13.7. The first-order chi connectivity index (χ1) is 19.6. The van der Waals surface area contributed by atoms with Crippen LogP contribution in [0.15, 0.2) is 47.5 Å². The van der Waals surface area contributed by atoms with E-state index >= 15 is 0 Å². The number of benzene rings is 1. The Kier molecular flexibility index (Phi) is 7.00. The number of aliphatic hydroxyl groups is 1. The maximum absolute atomic E-state index is 13.7. The summed E-state index contributed by atoms with van der Waals surface area (Å²) >= 11 is 0. The van der Waals surface area contributed by atoms with Crippen LogP contribution < -0.4 is 20.2 Å². The zero-order chi connectivity index (χ0) is 28.8. The normalized spacial score (nSPS) is 19.9. The van der Waals surface area contributed by atoms with Crippen molar-refractivity contribution in [1.29, 1.82) is 0 Å². The molecule has 0 bridgehead atoms. The number of nitrogens with zero attached hydrogens (tertiary/aromatic N) is 6. The van der Waals surface area contributed by atoms with Gasteiger partial charge in [0.05, 0.1) is 41.3 Å². The quantitative estimate of drug-likeness (QED) is 0.411. The molecule has 1 saturated carbocycles. The summed E-state index contributed by atoms with van der Waals surface area (Å²) in [5, 5.41) is 19.7. The molecule has 3 aromatic rings. The number of aromatic nitrogens is 4. The van der Waals surface area contributed by atoms with E-state index < -0.39 is 33.9 Å². The Morgan fingerprint density at radius 1 is 0.951 bits per heavy atom. The summed E-state index contributed by atoms with van der Waals surface area (Å²) in [6, 6.07) is 8.20. The second kappa shape index (κ2) is 10.4. The Labute approximate surface area is 236 Å². The summed E-state index contributed by atoms with van der Waals surface area (Å²) in [6.45, 7) is 1.26. The molecule has 220 valence electrons. The molecule has 1 aromatic carbocycles. The van der Waals surface area contributed by atoms with Gasteiger partial charge in [0.25, 0.3) is 11.5 Å². The van der Waals surface area contributed by atoms with Gasteiger partial charge in [-0.3, -0.25) is 14.5 Å². The topological polar surface area (TPSA) is 126 Å². The lowest BCUT2D eigenvalue weighted by molar-refractivity contribution is -0.0266. The molecule has 14 heteroatoms. The standard InChI is InChI=1S/C27H33F2N7O4S/c28-27(29)9-13-34(14-10-27)36-25(38)4-2-22(31-36)20-18-30-35(19-20)23-3-1-21(32-41(39,40)16-15-37)17-24(23)33-11-7-26(5-6-26)8-12-33/h1-4,17-19,32,37H,5-16H2. The van der Waals surface area contributed by atoms with Crippen LogP contribution in [0, 0.1) is 5.41 Å². The highest BCUT2D eigenvalue weighted by atomic mass is 32.2. The summed E-state index contributed by atoms with van der Waals surface area (Å²) in [7, 11) is -3.70. The molecule has 11 nitrogen and oxygen atoms in total. The van der Waals surface area contributed by atoms with Crippen molar-refractivity contribution in [3.05, 3.63) is 53.1 Å². The second-order valence-electron chi connectivity index (χ2n) is 11.3. The van der Waals surface area contributed by atoms with Gasteiger partial charge in [-0.1, -0.05) is 0 Å². The molecule has 3 aliphatic rings. The number of halogens is 2. The van der Waals surface area contributed by atoms with Crippen molar-refractivity contribution in [2.24, 2.45) is 5.41 Å². The Balaban J connectivity index is 1.30. The molecule has 0 unspecified atom stereocenters. The molecule has 4 heterocycles. The summed E-state index contributed by atoms with van der Waals surface area (Å²) in [4.78, 5) is 15.9. The predicted octanol–water partition coefficient (Wildman–Crippen LogP) is 2.58. The van der Waals surface area contributed by atoms with E-state index in [1.165, 1.54) is 23.9 Å². The van der Waals surface area contributed by atoms with E-state index in [9.17, 15) is 22.0 Å². The van der Waals surface area contributed by atoms with Gasteiger partial charge in [0.1, 0.15) is 0 Å². The van der Waals surface area contributed by atoms with Gasteiger partial charge in [-0.15, -0.1) is 9.89 Å². The molecule has 0 atom stereocenters. The third kappa shape index (κ3) is 5.94. The molecule has 1 aliphatic carbocycles. The van der Waals surface area contributed by atoms with Gasteiger partial charge in [-0.25, -0.2) is 21.9 Å². The molecule has 2 N–H and O–H groups in total. The second-order valence-corrected chi connectivity index (χ2v) is 13.1. The van der Waals surface area contributed by atoms with Crippen LogP contribution in [-0.2, 0) is 10.0 Å². The first kappa shape index (κ1) is 27.6. The third-order valence-corrected chi connectivity index (χ3v) is 9.65. The number of rotatable bonds is 8. The summed E-state index contributed by atoms with van der Waals surface area (Å²) in [5.74, 6) is -3.13. The van der Waals surface area contributed by atoms with Crippen LogP contribution in [0.5, 0.6) is 0 Å². The number of nitrogens with one attached hydrogen (secondary N) is 1. The first-order valence-corrected chi connectivity index (χ1v) is 15.5. The Morgan fingerprint density at radius 2 is 1.68 bits per heavy atom. The molecular formula is C27H33F2N7O4S. The van der Waals surface area contributed by atoms with Crippen molar-refractivity contribution in [2.45, 2.75) is 44.4 Å². The number of piperidine rings is 2. The van der Waals surface area contributed by atoms with E-state index in [2.05, 4.69) is 19.8 Å². The lowest BCUT2D eigenvalue weighted by atomic mass is 9.93. The molecule has 0 radical (unpaired) electrons. The minimum absolute atomic E-state index is 0.0253. The fourth-order valence-corrected chi connectivity index (χ4v) is 6.47. The zero-order valence-electron chi connectivity index (χ0n) is 22.5. The van der Waals surface area contributed by atoms with E-state index in [0.717, 1.165) is 42.1 Å². The number of anilines is 2. The summed E-state index contributed by atoms with van der Waals surface area (Å²) in [5.41, 5.74) is 3.14. The van der Waals surface area contributed by atoms with Gasteiger partial charge in [0, 0.05) is 56.8 Å². The molecule has 6 rings (SSSR count). The van der Waals surface area contributed by atoms with Crippen molar-refractivity contribution in [3.63, 3.8) is 0 Å². The molecule has 1 spiro atoms. The maximum Gasteiger partial charge on any atom is 0.286 e. The number of aliphatic hydroxyl groups excluding tert-OH is 1. The third-order valence-electron chi connectivity index (χ3n) is 8.38. The molecule has 2 saturated heterocycles. The average molecular weight is 590 g/mol. The molecule has 0 amide bonds. The molecule has 3 fully saturated rings. The fraction of sp³-hybridized carbons (Fsp3) is 0.519. The monoisotopic (exact) mass is 589 g/mol. The van der Waals surface area contributed by atoms with Gasteiger partial charge in [-0.2, -0.15) is 5.10 Å². The summed E-state index contributed by atoms with van der Waals surface area (Å²) in [6.07, 6.45) is 7.39. The van der Waals surface area contributed by atoms with Crippen molar-refractivity contribution >= 4 is 21.4 Å². The van der Waals surface area contributed by atoms with Gasteiger partial charge in [-0.05, 0) is 55.4 Å². The van der Waals surface area contributed by atoms with Crippen LogP contribution in [0.2, 0.25) is 0 Å². The van der Waals surface area contributed by atoms with Gasteiger partial charge >= 0.3 is 0 Å². The van der Waals surface area contributed by atoms with Crippen LogP contribution in [0.3, 0.4) is 0 Å².